The molecule has 1 saturated carbocycles. The molecule has 1 fully saturated rings. The molecule has 0 aromatic carbocycles. The van der Waals surface area contributed by atoms with Crippen LogP contribution in [0.1, 0.15) is 51.9 Å². The molecule has 1 aliphatic carbocycles. The van der Waals surface area contributed by atoms with Gasteiger partial charge in [-0.25, -0.2) is 4.79 Å². The fourth-order valence-corrected chi connectivity index (χ4v) is 2.74. The first-order chi connectivity index (χ1) is 10.2. The molecular weight excluding hydrogens is 270 g/mol. The van der Waals surface area contributed by atoms with Gasteiger partial charge in [-0.15, -0.1) is 0 Å². The summed E-state index contributed by atoms with van der Waals surface area (Å²) in [5, 5.41) is 14.2. The molecule has 0 atom stereocenters. The summed E-state index contributed by atoms with van der Waals surface area (Å²) >= 11 is 0. The zero-order chi connectivity index (χ0) is 15.5. The van der Waals surface area contributed by atoms with Crippen molar-refractivity contribution in [1.29, 1.82) is 0 Å². The summed E-state index contributed by atoms with van der Waals surface area (Å²) in [6.45, 7) is 3.31. The summed E-state index contributed by atoms with van der Waals surface area (Å²) in [5.41, 5.74) is 0. The summed E-state index contributed by atoms with van der Waals surface area (Å²) in [4.78, 5) is 25.4. The van der Waals surface area contributed by atoms with Gasteiger partial charge in [-0.3, -0.25) is 15.0 Å². The SMILES string of the molecule is CCCCNC(=O)NC(=O)CN(CCO)C1CCCCC1. The van der Waals surface area contributed by atoms with E-state index in [1.165, 1.54) is 19.3 Å². The van der Waals surface area contributed by atoms with E-state index < -0.39 is 6.03 Å². The Bertz CT molecular complexity index is 317. The Morgan fingerprint density at radius 1 is 1.24 bits per heavy atom. The van der Waals surface area contributed by atoms with Crippen molar-refractivity contribution in [1.82, 2.24) is 15.5 Å². The van der Waals surface area contributed by atoms with E-state index in [-0.39, 0.29) is 19.1 Å². The second-order valence-electron chi connectivity index (χ2n) is 5.64. The van der Waals surface area contributed by atoms with Crippen LogP contribution >= 0.6 is 0 Å². The van der Waals surface area contributed by atoms with Gasteiger partial charge in [0.1, 0.15) is 0 Å². The second-order valence-corrected chi connectivity index (χ2v) is 5.64. The predicted octanol–water partition coefficient (Wildman–Crippen LogP) is 1.24. The zero-order valence-electron chi connectivity index (χ0n) is 13.1. The third-order valence-electron chi connectivity index (χ3n) is 3.89. The number of aliphatic hydroxyl groups is 1. The molecular formula is C15H29N3O3. The normalized spacial score (nSPS) is 16.0. The average molecular weight is 299 g/mol. The van der Waals surface area contributed by atoms with Crippen LogP contribution in [0, 0.1) is 0 Å². The van der Waals surface area contributed by atoms with E-state index in [9.17, 15) is 9.59 Å². The molecule has 0 unspecified atom stereocenters. The van der Waals surface area contributed by atoms with E-state index in [4.69, 9.17) is 5.11 Å². The highest BCUT2D eigenvalue weighted by atomic mass is 16.3. The minimum atomic E-state index is -0.430. The Morgan fingerprint density at radius 2 is 1.95 bits per heavy atom. The highest BCUT2D eigenvalue weighted by Crippen LogP contribution is 2.22. The highest BCUT2D eigenvalue weighted by Gasteiger charge is 2.23. The molecule has 1 aliphatic rings. The van der Waals surface area contributed by atoms with Gasteiger partial charge in [0.05, 0.1) is 13.2 Å². The Kier molecular flexibility index (Phi) is 9.01. The molecule has 3 N–H and O–H groups in total. The number of carbonyl (C=O) groups excluding carboxylic acids is 2. The average Bonchev–Trinajstić information content (AvgIpc) is 2.48. The van der Waals surface area contributed by atoms with E-state index >= 15 is 0 Å². The molecule has 0 aliphatic heterocycles. The standard InChI is InChI=1S/C15H29N3O3/c1-2-3-9-16-15(21)17-14(20)12-18(10-11-19)13-7-5-4-6-8-13/h13,19H,2-12H2,1H3,(H2,16,17,20,21). The van der Waals surface area contributed by atoms with Gasteiger partial charge >= 0.3 is 6.03 Å². The van der Waals surface area contributed by atoms with Crippen molar-refractivity contribution >= 4 is 11.9 Å². The molecule has 0 bridgehead atoms. The van der Waals surface area contributed by atoms with Crippen LogP contribution in [0.4, 0.5) is 4.79 Å². The molecule has 0 saturated heterocycles. The van der Waals surface area contributed by atoms with E-state index in [0.717, 1.165) is 25.7 Å². The zero-order valence-corrected chi connectivity index (χ0v) is 13.1. The van der Waals surface area contributed by atoms with Gasteiger partial charge in [0, 0.05) is 19.1 Å². The minimum absolute atomic E-state index is 0.0342. The number of nitrogens with one attached hydrogen (secondary N) is 2. The first-order valence-electron chi connectivity index (χ1n) is 8.10. The lowest BCUT2D eigenvalue weighted by Crippen LogP contribution is -2.48. The van der Waals surface area contributed by atoms with Crippen molar-refractivity contribution < 1.29 is 14.7 Å². The van der Waals surface area contributed by atoms with E-state index in [2.05, 4.69) is 10.6 Å². The second kappa shape index (κ2) is 10.6. The third kappa shape index (κ3) is 7.43. The number of aliphatic hydroxyl groups excluding tert-OH is 1. The number of unbranched alkanes of at least 4 members (excludes halogenated alkanes) is 1. The Labute approximate surface area is 127 Å². The number of hydrogen-bond donors (Lipinski definition) is 3. The molecule has 122 valence electrons. The monoisotopic (exact) mass is 299 g/mol. The van der Waals surface area contributed by atoms with Crippen molar-refractivity contribution in [3.05, 3.63) is 0 Å². The van der Waals surface area contributed by atoms with Crippen LogP contribution in [0.25, 0.3) is 0 Å². The van der Waals surface area contributed by atoms with E-state index in [1.54, 1.807) is 0 Å². The first-order valence-corrected chi connectivity index (χ1v) is 8.10. The van der Waals surface area contributed by atoms with Gasteiger partial charge in [0.25, 0.3) is 0 Å². The number of amides is 3. The molecule has 21 heavy (non-hydrogen) atoms. The van der Waals surface area contributed by atoms with Gasteiger partial charge in [-0.05, 0) is 19.3 Å². The number of urea groups is 1. The quantitative estimate of drug-likeness (QED) is 0.589. The molecule has 6 heteroatoms. The molecule has 0 aromatic heterocycles. The minimum Gasteiger partial charge on any atom is -0.395 e. The number of hydrogen-bond acceptors (Lipinski definition) is 4. The predicted molar refractivity (Wildman–Crippen MR) is 82.0 cm³/mol. The summed E-state index contributed by atoms with van der Waals surface area (Å²) in [7, 11) is 0. The van der Waals surface area contributed by atoms with E-state index in [1.807, 2.05) is 11.8 Å². The Balaban J connectivity index is 2.35. The summed E-state index contributed by atoms with van der Waals surface area (Å²) in [6.07, 6.45) is 7.62. The van der Waals surface area contributed by atoms with Crippen molar-refractivity contribution in [2.24, 2.45) is 0 Å². The van der Waals surface area contributed by atoms with Crippen LogP contribution < -0.4 is 10.6 Å². The van der Waals surface area contributed by atoms with Crippen molar-refractivity contribution in [3.63, 3.8) is 0 Å². The van der Waals surface area contributed by atoms with Crippen molar-refractivity contribution in [3.8, 4) is 0 Å². The lowest BCUT2D eigenvalue weighted by molar-refractivity contribution is -0.122. The van der Waals surface area contributed by atoms with Gasteiger partial charge in [-0.1, -0.05) is 32.6 Å². The van der Waals surface area contributed by atoms with Crippen molar-refractivity contribution in [2.45, 2.75) is 57.9 Å². The number of imide groups is 1. The third-order valence-corrected chi connectivity index (χ3v) is 3.89. The molecule has 0 aromatic rings. The number of nitrogens with zero attached hydrogens (tertiary/aromatic N) is 1. The molecule has 3 amide bonds. The number of rotatable bonds is 8. The van der Waals surface area contributed by atoms with Gasteiger partial charge in [0.2, 0.25) is 5.91 Å². The fourth-order valence-electron chi connectivity index (χ4n) is 2.74. The maximum Gasteiger partial charge on any atom is 0.321 e. The maximum absolute atomic E-state index is 11.9. The molecule has 6 nitrogen and oxygen atoms in total. The van der Waals surface area contributed by atoms with Crippen LogP contribution in [-0.4, -0.2) is 54.2 Å². The van der Waals surface area contributed by atoms with Gasteiger partial charge in [-0.2, -0.15) is 0 Å². The summed E-state index contributed by atoms with van der Waals surface area (Å²) < 4.78 is 0. The fraction of sp³-hybridized carbons (Fsp3) is 0.867. The number of carbonyl (C=O) groups is 2. The van der Waals surface area contributed by atoms with E-state index in [0.29, 0.717) is 19.1 Å². The smallest absolute Gasteiger partial charge is 0.321 e. The van der Waals surface area contributed by atoms with Crippen LogP contribution in [-0.2, 0) is 4.79 Å². The molecule has 0 radical (unpaired) electrons. The largest absolute Gasteiger partial charge is 0.395 e. The Morgan fingerprint density at radius 3 is 2.57 bits per heavy atom. The maximum atomic E-state index is 11.9. The van der Waals surface area contributed by atoms with Crippen LogP contribution in [0.3, 0.4) is 0 Å². The summed E-state index contributed by atoms with van der Waals surface area (Å²) in [6, 6.07) is -0.0826. The van der Waals surface area contributed by atoms with Crippen LogP contribution in [0.15, 0.2) is 0 Å². The molecule has 0 heterocycles. The summed E-state index contributed by atoms with van der Waals surface area (Å²) in [5.74, 6) is -0.303. The molecule has 0 spiro atoms. The molecule has 1 rings (SSSR count). The Hall–Kier alpha value is -1.14. The van der Waals surface area contributed by atoms with Gasteiger partial charge < -0.3 is 10.4 Å². The highest BCUT2D eigenvalue weighted by molar-refractivity contribution is 5.95. The van der Waals surface area contributed by atoms with Crippen LogP contribution in [0.2, 0.25) is 0 Å². The first kappa shape index (κ1) is 17.9. The lowest BCUT2D eigenvalue weighted by atomic mass is 9.94. The van der Waals surface area contributed by atoms with Crippen LogP contribution in [0.5, 0.6) is 0 Å². The lowest BCUT2D eigenvalue weighted by Gasteiger charge is -2.33. The van der Waals surface area contributed by atoms with Gasteiger partial charge in [0.15, 0.2) is 0 Å². The van der Waals surface area contributed by atoms with Crippen molar-refractivity contribution in [2.75, 3.05) is 26.2 Å². The topological polar surface area (TPSA) is 81.7 Å².